The van der Waals surface area contributed by atoms with Crippen molar-refractivity contribution in [3.63, 3.8) is 0 Å². The molecule has 0 aliphatic heterocycles. The molecule has 0 spiro atoms. The third-order valence-electron chi connectivity index (χ3n) is 3.14. The second-order valence-corrected chi connectivity index (χ2v) is 5.44. The topological polar surface area (TPSA) is 31.7 Å². The Morgan fingerprint density at radius 2 is 2.00 bits per heavy atom. The lowest BCUT2D eigenvalue weighted by atomic mass is 10.2. The van der Waals surface area contributed by atoms with Crippen molar-refractivity contribution in [1.82, 2.24) is 15.1 Å². The van der Waals surface area contributed by atoms with E-state index in [-0.39, 0.29) is 0 Å². The van der Waals surface area contributed by atoms with Gasteiger partial charge in [0.1, 0.15) is 5.76 Å². The van der Waals surface area contributed by atoms with Crippen molar-refractivity contribution in [2.75, 3.05) is 40.8 Å². The summed E-state index contributed by atoms with van der Waals surface area (Å²) in [5, 5.41) is 3.39. The monoisotopic (exact) mass is 267 g/mol. The zero-order valence-corrected chi connectivity index (χ0v) is 12.9. The number of hydrogen-bond donors (Lipinski definition) is 1. The molecule has 1 N–H and O–H groups in total. The van der Waals surface area contributed by atoms with Crippen LogP contribution in [0.15, 0.2) is 16.7 Å². The largest absolute Gasteiger partial charge is 0.468 e. The average molecular weight is 267 g/mol. The van der Waals surface area contributed by atoms with E-state index in [4.69, 9.17) is 4.42 Å². The Hall–Kier alpha value is -0.840. The van der Waals surface area contributed by atoms with Gasteiger partial charge in [0.15, 0.2) is 0 Å². The Kier molecular flexibility index (Phi) is 7.79. The molecule has 110 valence electrons. The minimum atomic E-state index is 0.835. The normalized spacial score (nSPS) is 11.7. The summed E-state index contributed by atoms with van der Waals surface area (Å²) < 4.78 is 5.56. The smallest absolute Gasteiger partial charge is 0.122 e. The highest BCUT2D eigenvalue weighted by Crippen LogP contribution is 2.12. The highest BCUT2D eigenvalue weighted by Gasteiger charge is 2.08. The third-order valence-corrected chi connectivity index (χ3v) is 3.14. The molecule has 0 aliphatic rings. The van der Waals surface area contributed by atoms with Crippen molar-refractivity contribution in [2.24, 2.45) is 0 Å². The highest BCUT2D eigenvalue weighted by molar-refractivity contribution is 5.16. The molecule has 0 atom stereocenters. The Balaban J connectivity index is 2.32. The predicted molar refractivity (Wildman–Crippen MR) is 80.2 cm³/mol. The van der Waals surface area contributed by atoms with Gasteiger partial charge in [0.2, 0.25) is 0 Å². The van der Waals surface area contributed by atoms with Crippen molar-refractivity contribution in [1.29, 1.82) is 0 Å². The van der Waals surface area contributed by atoms with Gasteiger partial charge in [0.05, 0.1) is 12.8 Å². The molecule has 4 nitrogen and oxygen atoms in total. The summed E-state index contributed by atoms with van der Waals surface area (Å²) in [4.78, 5) is 4.59. The van der Waals surface area contributed by atoms with Crippen LogP contribution in [0.25, 0.3) is 0 Å². The predicted octanol–water partition coefficient (Wildman–Crippen LogP) is 2.16. The molecule has 0 fully saturated rings. The first-order chi connectivity index (χ1) is 9.13. The standard InChI is InChI=1S/C15H29N3O/c1-5-8-16-12-15-14(7-11-19-15)13-18(4)10-6-9-17(2)3/h7,11,16H,5-6,8-10,12-13H2,1-4H3. The maximum absolute atomic E-state index is 5.56. The molecule has 0 aromatic carbocycles. The maximum Gasteiger partial charge on any atom is 0.122 e. The summed E-state index contributed by atoms with van der Waals surface area (Å²) in [5.74, 6) is 1.08. The molecule has 0 saturated heterocycles. The van der Waals surface area contributed by atoms with Crippen LogP contribution in [0, 0.1) is 0 Å². The van der Waals surface area contributed by atoms with E-state index in [0.29, 0.717) is 0 Å². The lowest BCUT2D eigenvalue weighted by Crippen LogP contribution is -2.24. The summed E-state index contributed by atoms with van der Waals surface area (Å²) in [6.07, 6.45) is 4.15. The number of nitrogens with one attached hydrogen (secondary N) is 1. The molecule has 1 heterocycles. The maximum atomic E-state index is 5.56. The van der Waals surface area contributed by atoms with E-state index in [1.807, 2.05) is 0 Å². The zero-order chi connectivity index (χ0) is 14.1. The summed E-state index contributed by atoms with van der Waals surface area (Å²) in [6.45, 7) is 7.27. The minimum Gasteiger partial charge on any atom is -0.468 e. The van der Waals surface area contributed by atoms with Crippen LogP contribution in [0.5, 0.6) is 0 Å². The lowest BCUT2D eigenvalue weighted by Gasteiger charge is -2.18. The van der Waals surface area contributed by atoms with Crippen molar-refractivity contribution in [3.05, 3.63) is 23.7 Å². The third kappa shape index (κ3) is 6.76. The molecule has 4 heteroatoms. The fraction of sp³-hybridized carbons (Fsp3) is 0.733. The molecule has 0 radical (unpaired) electrons. The fourth-order valence-corrected chi connectivity index (χ4v) is 2.07. The highest BCUT2D eigenvalue weighted by atomic mass is 16.3. The second kappa shape index (κ2) is 9.13. The van der Waals surface area contributed by atoms with Crippen molar-refractivity contribution in [2.45, 2.75) is 32.9 Å². The van der Waals surface area contributed by atoms with Crippen LogP contribution in [0.4, 0.5) is 0 Å². The van der Waals surface area contributed by atoms with Crippen molar-refractivity contribution >= 4 is 0 Å². The first-order valence-corrected chi connectivity index (χ1v) is 7.22. The molecular formula is C15H29N3O. The van der Waals surface area contributed by atoms with Crippen LogP contribution >= 0.6 is 0 Å². The molecule has 1 rings (SSSR count). The van der Waals surface area contributed by atoms with Gasteiger partial charge < -0.3 is 19.5 Å². The average Bonchev–Trinajstić information content (AvgIpc) is 2.76. The molecule has 1 aromatic rings. The Labute approximate surface area is 117 Å². The van der Waals surface area contributed by atoms with Gasteiger partial charge in [-0.1, -0.05) is 6.92 Å². The van der Waals surface area contributed by atoms with Gasteiger partial charge in [-0.15, -0.1) is 0 Å². The van der Waals surface area contributed by atoms with Gasteiger partial charge in [-0.05, 0) is 59.7 Å². The Morgan fingerprint density at radius 1 is 1.21 bits per heavy atom. The van der Waals surface area contributed by atoms with Crippen molar-refractivity contribution < 1.29 is 4.42 Å². The van der Waals surface area contributed by atoms with Crippen LogP contribution in [0.1, 0.15) is 31.1 Å². The first kappa shape index (κ1) is 16.2. The van der Waals surface area contributed by atoms with Gasteiger partial charge in [-0.25, -0.2) is 0 Å². The van der Waals surface area contributed by atoms with Crippen LogP contribution in [0.2, 0.25) is 0 Å². The summed E-state index contributed by atoms with van der Waals surface area (Å²) in [6, 6.07) is 2.09. The summed E-state index contributed by atoms with van der Waals surface area (Å²) >= 11 is 0. The van der Waals surface area contributed by atoms with Gasteiger partial charge in [0, 0.05) is 12.1 Å². The van der Waals surface area contributed by atoms with E-state index in [2.05, 4.69) is 49.2 Å². The molecule has 19 heavy (non-hydrogen) atoms. The fourth-order valence-electron chi connectivity index (χ4n) is 2.07. The second-order valence-electron chi connectivity index (χ2n) is 5.44. The van der Waals surface area contributed by atoms with E-state index in [1.54, 1.807) is 6.26 Å². The van der Waals surface area contributed by atoms with E-state index in [1.165, 1.54) is 12.0 Å². The molecule has 0 saturated carbocycles. The van der Waals surface area contributed by atoms with Gasteiger partial charge >= 0.3 is 0 Å². The van der Waals surface area contributed by atoms with Crippen LogP contribution < -0.4 is 5.32 Å². The zero-order valence-electron chi connectivity index (χ0n) is 12.9. The number of hydrogen-bond acceptors (Lipinski definition) is 4. The molecule has 0 bridgehead atoms. The summed E-state index contributed by atoms with van der Waals surface area (Å²) in [5.41, 5.74) is 1.30. The Bertz CT molecular complexity index is 336. The molecule has 0 unspecified atom stereocenters. The number of rotatable bonds is 10. The minimum absolute atomic E-state index is 0.835. The number of furan rings is 1. The van der Waals surface area contributed by atoms with E-state index >= 15 is 0 Å². The molecular weight excluding hydrogens is 238 g/mol. The van der Waals surface area contributed by atoms with E-state index < -0.39 is 0 Å². The lowest BCUT2D eigenvalue weighted by molar-refractivity contribution is 0.292. The Morgan fingerprint density at radius 3 is 2.68 bits per heavy atom. The first-order valence-electron chi connectivity index (χ1n) is 7.22. The molecule has 0 amide bonds. The number of nitrogens with zero attached hydrogens (tertiary/aromatic N) is 2. The van der Waals surface area contributed by atoms with Crippen LogP contribution in [0.3, 0.4) is 0 Å². The molecule has 0 aliphatic carbocycles. The van der Waals surface area contributed by atoms with E-state index in [9.17, 15) is 0 Å². The molecule has 1 aromatic heterocycles. The van der Waals surface area contributed by atoms with Crippen molar-refractivity contribution in [3.8, 4) is 0 Å². The van der Waals surface area contributed by atoms with Crippen LogP contribution in [-0.4, -0.2) is 50.6 Å². The van der Waals surface area contributed by atoms with Gasteiger partial charge in [-0.3, -0.25) is 0 Å². The van der Waals surface area contributed by atoms with E-state index in [0.717, 1.165) is 44.9 Å². The van der Waals surface area contributed by atoms with Gasteiger partial charge in [-0.2, -0.15) is 0 Å². The SMILES string of the molecule is CCCNCc1occc1CN(C)CCCN(C)C. The van der Waals surface area contributed by atoms with Crippen LogP contribution in [-0.2, 0) is 13.1 Å². The summed E-state index contributed by atoms with van der Waals surface area (Å²) in [7, 11) is 6.41. The van der Waals surface area contributed by atoms with Gasteiger partial charge in [0.25, 0.3) is 0 Å². The quantitative estimate of drug-likeness (QED) is 0.658.